The van der Waals surface area contributed by atoms with Gasteiger partial charge in [0.15, 0.2) is 0 Å². The predicted octanol–water partition coefficient (Wildman–Crippen LogP) is 1.67. The van der Waals surface area contributed by atoms with E-state index in [2.05, 4.69) is 4.74 Å². The first-order chi connectivity index (χ1) is 9.77. The average Bonchev–Trinajstić information content (AvgIpc) is 2.46. The fourth-order valence-electron chi connectivity index (χ4n) is 1.85. The van der Waals surface area contributed by atoms with E-state index in [4.69, 9.17) is 0 Å². The van der Waals surface area contributed by atoms with Crippen molar-refractivity contribution < 1.29 is 23.1 Å². The number of hydrogen-bond acceptors (Lipinski definition) is 5. The molecule has 7 heteroatoms. The third-order valence-electron chi connectivity index (χ3n) is 3.37. The van der Waals surface area contributed by atoms with E-state index in [1.807, 2.05) is 0 Å². The summed E-state index contributed by atoms with van der Waals surface area (Å²) in [6, 6.07) is 6.04. The van der Waals surface area contributed by atoms with Gasteiger partial charge in [0, 0.05) is 19.5 Å². The van der Waals surface area contributed by atoms with Crippen LogP contribution in [0.3, 0.4) is 0 Å². The molecule has 1 aromatic rings. The van der Waals surface area contributed by atoms with Crippen molar-refractivity contribution in [2.75, 3.05) is 19.9 Å². The quantitative estimate of drug-likeness (QED) is 0.774. The number of nitrogens with zero attached hydrogens (tertiary/aromatic N) is 1. The first-order valence-electron chi connectivity index (χ1n) is 6.59. The molecule has 0 amide bonds. The van der Waals surface area contributed by atoms with Crippen molar-refractivity contribution in [3.63, 3.8) is 0 Å². The smallest absolute Gasteiger partial charge is 0.305 e. The first-order valence-corrected chi connectivity index (χ1v) is 8.20. The van der Waals surface area contributed by atoms with Crippen molar-refractivity contribution >= 4 is 16.0 Å². The number of esters is 1. The summed E-state index contributed by atoms with van der Waals surface area (Å²) in [5.41, 5.74) is 0.784. The van der Waals surface area contributed by atoms with Crippen molar-refractivity contribution in [1.29, 1.82) is 0 Å². The molecule has 0 aliphatic rings. The molecule has 21 heavy (non-hydrogen) atoms. The lowest BCUT2D eigenvalue weighted by atomic mass is 10.1. The standard InChI is InChI=1S/C14H21NO5S/c1-11(12-6-8-13(16)9-7-12)15(2)21(18,19)10-4-5-14(17)20-3/h6-9,11,16H,4-5,10H2,1-3H3. The second-order valence-electron chi connectivity index (χ2n) is 4.78. The van der Waals surface area contributed by atoms with Crippen molar-refractivity contribution in [3.05, 3.63) is 29.8 Å². The average molecular weight is 315 g/mol. The van der Waals surface area contributed by atoms with Crippen molar-refractivity contribution in [1.82, 2.24) is 4.31 Å². The molecule has 118 valence electrons. The van der Waals surface area contributed by atoms with E-state index in [-0.39, 0.29) is 30.4 Å². The molecule has 0 bridgehead atoms. The number of methoxy groups -OCH3 is 1. The monoisotopic (exact) mass is 315 g/mol. The van der Waals surface area contributed by atoms with Crippen LogP contribution in [0.5, 0.6) is 5.75 Å². The number of ether oxygens (including phenoxy) is 1. The first kappa shape index (κ1) is 17.5. The van der Waals surface area contributed by atoms with Crippen LogP contribution >= 0.6 is 0 Å². The van der Waals surface area contributed by atoms with Crippen molar-refractivity contribution in [3.8, 4) is 5.75 Å². The summed E-state index contributed by atoms with van der Waals surface area (Å²) >= 11 is 0. The van der Waals surface area contributed by atoms with Crippen molar-refractivity contribution in [2.24, 2.45) is 0 Å². The maximum absolute atomic E-state index is 12.2. The summed E-state index contributed by atoms with van der Waals surface area (Å²) in [6.07, 6.45) is 0.304. The minimum atomic E-state index is -3.46. The van der Waals surface area contributed by atoms with Gasteiger partial charge in [0.05, 0.1) is 12.9 Å². The SMILES string of the molecule is COC(=O)CCCS(=O)(=O)N(C)C(C)c1ccc(O)cc1. The number of aromatic hydroxyl groups is 1. The molecule has 1 unspecified atom stereocenters. The Kier molecular flexibility index (Phi) is 6.17. The van der Waals surface area contributed by atoms with Gasteiger partial charge in [0.1, 0.15) is 5.75 Å². The molecular weight excluding hydrogens is 294 g/mol. The fraction of sp³-hybridized carbons (Fsp3) is 0.500. The minimum Gasteiger partial charge on any atom is -0.508 e. The maximum atomic E-state index is 12.2. The summed E-state index contributed by atoms with van der Waals surface area (Å²) in [7, 11) is -0.680. The Labute approximate surface area is 125 Å². The van der Waals surface area contributed by atoms with E-state index < -0.39 is 16.0 Å². The Morgan fingerprint density at radius 3 is 2.43 bits per heavy atom. The third kappa shape index (κ3) is 5.02. The molecule has 0 saturated heterocycles. The lowest BCUT2D eigenvalue weighted by Crippen LogP contribution is -2.32. The summed E-state index contributed by atoms with van der Waals surface area (Å²) < 4.78 is 30.2. The number of carbonyl (C=O) groups is 1. The lowest BCUT2D eigenvalue weighted by Gasteiger charge is -2.24. The maximum Gasteiger partial charge on any atom is 0.305 e. The number of sulfonamides is 1. The summed E-state index contributed by atoms with van der Waals surface area (Å²) in [5, 5.41) is 9.25. The molecular formula is C14H21NO5S. The normalized spacial score (nSPS) is 13.1. The largest absolute Gasteiger partial charge is 0.508 e. The van der Waals surface area contributed by atoms with Gasteiger partial charge in [0.25, 0.3) is 0 Å². The van der Waals surface area contributed by atoms with Crippen LogP contribution in [0, 0.1) is 0 Å². The number of carbonyl (C=O) groups excluding carboxylic acids is 1. The fourth-order valence-corrected chi connectivity index (χ4v) is 3.25. The molecule has 0 aliphatic carbocycles. The number of hydrogen-bond donors (Lipinski definition) is 1. The predicted molar refractivity (Wildman–Crippen MR) is 79.3 cm³/mol. The highest BCUT2D eigenvalue weighted by atomic mass is 32.2. The molecule has 1 rings (SSSR count). The van der Waals surface area contributed by atoms with Crippen LogP contribution in [0.4, 0.5) is 0 Å². The van der Waals surface area contributed by atoms with Crippen LogP contribution in [0.1, 0.15) is 31.4 Å². The molecule has 0 saturated carbocycles. The van der Waals surface area contributed by atoms with Gasteiger partial charge < -0.3 is 9.84 Å². The summed E-state index contributed by atoms with van der Waals surface area (Å²) in [6.45, 7) is 1.77. The Morgan fingerprint density at radius 1 is 1.33 bits per heavy atom. The highest BCUT2D eigenvalue weighted by Gasteiger charge is 2.24. The minimum absolute atomic E-state index is 0.0805. The zero-order valence-corrected chi connectivity index (χ0v) is 13.3. The Morgan fingerprint density at radius 2 is 1.90 bits per heavy atom. The molecule has 1 N–H and O–H groups in total. The highest BCUT2D eigenvalue weighted by Crippen LogP contribution is 2.23. The second kappa shape index (κ2) is 7.42. The second-order valence-corrected chi connectivity index (χ2v) is 6.93. The van der Waals surface area contributed by atoms with Crippen LogP contribution in [-0.2, 0) is 19.6 Å². The van der Waals surface area contributed by atoms with Crippen LogP contribution < -0.4 is 0 Å². The molecule has 0 radical (unpaired) electrons. The topological polar surface area (TPSA) is 83.9 Å². The Bertz CT molecular complexity index is 568. The van der Waals surface area contributed by atoms with E-state index >= 15 is 0 Å². The van der Waals surface area contributed by atoms with Crippen LogP contribution in [-0.4, -0.2) is 43.7 Å². The van der Waals surface area contributed by atoms with E-state index in [1.54, 1.807) is 19.1 Å². The van der Waals surface area contributed by atoms with Gasteiger partial charge in [-0.3, -0.25) is 4.79 Å². The number of benzene rings is 1. The summed E-state index contributed by atoms with van der Waals surface area (Å²) in [4.78, 5) is 11.0. The zero-order valence-electron chi connectivity index (χ0n) is 12.4. The van der Waals surface area contributed by atoms with Gasteiger partial charge >= 0.3 is 5.97 Å². The number of phenols is 1. The van der Waals surface area contributed by atoms with Crippen LogP contribution in [0.25, 0.3) is 0 Å². The van der Waals surface area contributed by atoms with Gasteiger partial charge in [0.2, 0.25) is 10.0 Å². The number of phenolic OH excluding ortho intramolecular Hbond substituents is 1. The summed E-state index contributed by atoms with van der Waals surface area (Å²) in [5.74, 6) is -0.393. The van der Waals surface area contributed by atoms with E-state index in [9.17, 15) is 18.3 Å². The highest BCUT2D eigenvalue weighted by molar-refractivity contribution is 7.89. The zero-order chi connectivity index (χ0) is 16.0. The van der Waals surface area contributed by atoms with Gasteiger partial charge in [-0.1, -0.05) is 12.1 Å². The van der Waals surface area contributed by atoms with Gasteiger partial charge in [-0.25, -0.2) is 8.42 Å². The van der Waals surface area contributed by atoms with E-state index in [0.29, 0.717) is 0 Å². The molecule has 0 fully saturated rings. The van der Waals surface area contributed by atoms with Crippen LogP contribution in [0.15, 0.2) is 24.3 Å². The molecule has 0 aromatic heterocycles. The van der Waals surface area contributed by atoms with Gasteiger partial charge in [-0.15, -0.1) is 0 Å². The molecule has 6 nitrogen and oxygen atoms in total. The van der Waals surface area contributed by atoms with E-state index in [1.165, 1.54) is 30.6 Å². The Balaban J connectivity index is 2.69. The van der Waals surface area contributed by atoms with E-state index in [0.717, 1.165) is 5.56 Å². The van der Waals surface area contributed by atoms with Crippen LogP contribution in [0.2, 0.25) is 0 Å². The molecule has 0 heterocycles. The molecule has 0 aliphatic heterocycles. The molecule has 1 atom stereocenters. The van der Waals surface area contributed by atoms with Gasteiger partial charge in [-0.05, 0) is 31.0 Å². The van der Waals surface area contributed by atoms with Gasteiger partial charge in [-0.2, -0.15) is 4.31 Å². The Hall–Kier alpha value is -1.60. The number of rotatable bonds is 7. The molecule has 1 aromatic carbocycles. The lowest BCUT2D eigenvalue weighted by molar-refractivity contribution is -0.140. The molecule has 0 spiro atoms. The van der Waals surface area contributed by atoms with Crippen molar-refractivity contribution in [2.45, 2.75) is 25.8 Å². The third-order valence-corrected chi connectivity index (χ3v) is 5.37.